The van der Waals surface area contributed by atoms with Gasteiger partial charge in [-0.2, -0.15) is 0 Å². The minimum Gasteiger partial charge on any atom is -0.507 e. The number of amides is 1. The normalized spacial score (nSPS) is 17.6. The minimum absolute atomic E-state index is 0.0321. The first-order valence-corrected chi connectivity index (χ1v) is 12.1. The van der Waals surface area contributed by atoms with E-state index in [1.165, 1.54) is 21.8 Å². The molecule has 170 valence electrons. The van der Waals surface area contributed by atoms with Gasteiger partial charge in [0.2, 0.25) is 0 Å². The van der Waals surface area contributed by atoms with E-state index in [4.69, 9.17) is 11.6 Å². The number of aliphatic hydroxyl groups excluding tert-OH is 1. The Morgan fingerprint density at radius 2 is 1.76 bits per heavy atom. The molecule has 5 nitrogen and oxygen atoms in total. The van der Waals surface area contributed by atoms with E-state index >= 15 is 0 Å². The van der Waals surface area contributed by atoms with Gasteiger partial charge in [-0.3, -0.25) is 14.5 Å². The summed E-state index contributed by atoms with van der Waals surface area (Å²) in [4.78, 5) is 32.7. The van der Waals surface area contributed by atoms with E-state index < -0.39 is 17.7 Å². The number of nitrogens with zero attached hydrogens (tertiary/aromatic N) is 2. The summed E-state index contributed by atoms with van der Waals surface area (Å²) in [5.74, 6) is -1.69. The molecule has 0 bridgehead atoms. The van der Waals surface area contributed by atoms with Crippen molar-refractivity contribution in [2.45, 2.75) is 26.3 Å². The van der Waals surface area contributed by atoms with Gasteiger partial charge in [-0.15, -0.1) is 0 Å². The number of carbonyl (C=O) groups excluding carboxylic acids is 2. The molecule has 5 rings (SSSR count). The van der Waals surface area contributed by atoms with Crippen LogP contribution in [0.25, 0.3) is 16.0 Å². The Labute approximate surface area is 205 Å². The number of aromatic nitrogens is 1. The van der Waals surface area contributed by atoms with Crippen LogP contribution in [-0.4, -0.2) is 21.8 Å². The van der Waals surface area contributed by atoms with E-state index in [2.05, 4.69) is 18.0 Å². The van der Waals surface area contributed by atoms with Gasteiger partial charge >= 0.3 is 5.91 Å². The number of anilines is 1. The Morgan fingerprint density at radius 1 is 1.06 bits per heavy atom. The van der Waals surface area contributed by atoms with Crippen LogP contribution < -0.4 is 4.90 Å². The summed E-state index contributed by atoms with van der Waals surface area (Å²) in [5.41, 5.74) is 4.14. The number of Topliss-reactive ketones (excluding diaryl/α,β-unsaturated/α-hetero) is 1. The third-order valence-corrected chi connectivity index (χ3v) is 7.28. The Bertz CT molecular complexity index is 1460. The van der Waals surface area contributed by atoms with E-state index in [1.54, 1.807) is 24.3 Å². The average molecular weight is 489 g/mol. The molecule has 3 aromatic carbocycles. The van der Waals surface area contributed by atoms with Crippen molar-refractivity contribution in [1.29, 1.82) is 0 Å². The summed E-state index contributed by atoms with van der Waals surface area (Å²) in [7, 11) is 0. The average Bonchev–Trinajstić information content (AvgIpc) is 3.37. The fourth-order valence-electron chi connectivity index (χ4n) is 4.14. The molecular weight excluding hydrogens is 468 g/mol. The lowest BCUT2D eigenvalue weighted by Gasteiger charge is -2.23. The van der Waals surface area contributed by atoms with E-state index in [0.717, 1.165) is 22.2 Å². The maximum absolute atomic E-state index is 13.3. The van der Waals surface area contributed by atoms with E-state index in [1.807, 2.05) is 43.3 Å². The predicted octanol–water partition coefficient (Wildman–Crippen LogP) is 6.45. The largest absolute Gasteiger partial charge is 0.507 e. The van der Waals surface area contributed by atoms with Gasteiger partial charge in [0.15, 0.2) is 5.13 Å². The molecule has 4 aromatic rings. The van der Waals surface area contributed by atoms with Crippen LogP contribution in [0.2, 0.25) is 5.02 Å². The molecule has 1 unspecified atom stereocenters. The first kappa shape index (κ1) is 22.3. The fraction of sp³-hybridized carbons (Fsp3) is 0.148. The smallest absolute Gasteiger partial charge is 0.301 e. The predicted molar refractivity (Wildman–Crippen MR) is 136 cm³/mol. The minimum atomic E-state index is -0.803. The highest BCUT2D eigenvalue weighted by Crippen LogP contribution is 2.44. The number of rotatable bonds is 4. The second-order valence-electron chi connectivity index (χ2n) is 8.24. The summed E-state index contributed by atoms with van der Waals surface area (Å²) in [6.45, 7) is 4.04. The number of fused-ring (bicyclic) bond motifs is 1. The molecule has 1 fully saturated rings. The molecule has 34 heavy (non-hydrogen) atoms. The molecule has 1 N–H and O–H groups in total. The van der Waals surface area contributed by atoms with Crippen LogP contribution in [-0.2, 0) is 16.0 Å². The van der Waals surface area contributed by atoms with Crippen LogP contribution in [0.1, 0.15) is 35.2 Å². The molecule has 1 aliphatic heterocycles. The number of aryl methyl sites for hydroxylation is 2. The maximum atomic E-state index is 13.3. The Morgan fingerprint density at radius 3 is 2.44 bits per heavy atom. The van der Waals surface area contributed by atoms with Gasteiger partial charge in [-0.1, -0.05) is 65.8 Å². The van der Waals surface area contributed by atoms with Gasteiger partial charge in [0.1, 0.15) is 5.76 Å². The number of halogens is 1. The van der Waals surface area contributed by atoms with Gasteiger partial charge in [-0.05, 0) is 60.9 Å². The second kappa shape index (κ2) is 8.70. The van der Waals surface area contributed by atoms with Gasteiger partial charge in [0.05, 0.1) is 21.8 Å². The molecule has 1 amide bonds. The Kier molecular flexibility index (Phi) is 5.71. The number of carbonyl (C=O) groups is 2. The van der Waals surface area contributed by atoms with Crippen LogP contribution in [0.4, 0.5) is 5.13 Å². The standard InChI is InChI=1S/C27H21ClN2O3S/c1-3-16-6-13-20-21(14-16)34-27(29-20)30-23(17-7-4-15(2)5-8-17)22(25(32)26(30)33)24(31)18-9-11-19(28)12-10-18/h4-14,23,31H,3H2,1-2H3. The highest BCUT2D eigenvalue weighted by molar-refractivity contribution is 7.22. The Balaban J connectivity index is 1.71. The summed E-state index contributed by atoms with van der Waals surface area (Å²) in [6, 6.07) is 19.3. The summed E-state index contributed by atoms with van der Waals surface area (Å²) in [6.07, 6.45) is 0.887. The van der Waals surface area contributed by atoms with Crippen LogP contribution >= 0.6 is 22.9 Å². The molecule has 1 aromatic heterocycles. The second-order valence-corrected chi connectivity index (χ2v) is 9.68. The molecule has 0 aliphatic carbocycles. The summed E-state index contributed by atoms with van der Waals surface area (Å²) < 4.78 is 0.941. The van der Waals surface area contributed by atoms with Crippen molar-refractivity contribution in [1.82, 2.24) is 4.98 Å². The van der Waals surface area contributed by atoms with Crippen molar-refractivity contribution in [2.75, 3.05) is 4.90 Å². The first-order valence-electron chi connectivity index (χ1n) is 10.9. The van der Waals surface area contributed by atoms with Gasteiger partial charge in [0, 0.05) is 10.6 Å². The van der Waals surface area contributed by atoms with E-state index in [-0.39, 0.29) is 11.3 Å². The quantitative estimate of drug-likeness (QED) is 0.204. The van der Waals surface area contributed by atoms with E-state index in [0.29, 0.717) is 21.3 Å². The van der Waals surface area contributed by atoms with Crippen molar-refractivity contribution < 1.29 is 14.7 Å². The highest BCUT2D eigenvalue weighted by atomic mass is 35.5. The maximum Gasteiger partial charge on any atom is 0.301 e. The SMILES string of the molecule is CCc1ccc2nc(N3C(=O)C(=O)C(=C(O)c4ccc(Cl)cc4)C3c3ccc(C)cc3)sc2c1. The lowest BCUT2D eigenvalue weighted by atomic mass is 9.95. The van der Waals surface area contributed by atoms with Crippen molar-refractivity contribution in [3.63, 3.8) is 0 Å². The molecular formula is C27H21ClN2O3S. The van der Waals surface area contributed by atoms with Crippen LogP contribution in [0.3, 0.4) is 0 Å². The zero-order valence-electron chi connectivity index (χ0n) is 18.6. The molecule has 0 spiro atoms. The first-order chi connectivity index (χ1) is 16.4. The number of hydrogen-bond donors (Lipinski definition) is 1. The third-order valence-electron chi connectivity index (χ3n) is 6.01. The number of aliphatic hydroxyl groups is 1. The molecule has 2 heterocycles. The fourth-order valence-corrected chi connectivity index (χ4v) is 5.32. The monoisotopic (exact) mass is 488 g/mol. The number of benzene rings is 3. The van der Waals surface area contributed by atoms with Crippen molar-refractivity contribution in [2.24, 2.45) is 0 Å². The molecule has 1 aliphatic rings. The highest BCUT2D eigenvalue weighted by Gasteiger charge is 2.48. The zero-order valence-corrected chi connectivity index (χ0v) is 20.2. The molecule has 1 saturated heterocycles. The third kappa shape index (κ3) is 3.79. The molecule has 1 atom stereocenters. The zero-order chi connectivity index (χ0) is 24.0. The molecule has 0 radical (unpaired) electrons. The summed E-state index contributed by atoms with van der Waals surface area (Å²) in [5, 5.41) is 12.1. The topological polar surface area (TPSA) is 70.5 Å². The number of ketones is 1. The molecule has 7 heteroatoms. The summed E-state index contributed by atoms with van der Waals surface area (Å²) >= 11 is 7.36. The van der Waals surface area contributed by atoms with E-state index in [9.17, 15) is 14.7 Å². The molecule has 0 saturated carbocycles. The number of hydrogen-bond acceptors (Lipinski definition) is 5. The van der Waals surface area contributed by atoms with Gasteiger partial charge < -0.3 is 5.11 Å². The van der Waals surface area contributed by atoms with Gasteiger partial charge in [-0.25, -0.2) is 4.98 Å². The number of thiazole rings is 1. The van der Waals surface area contributed by atoms with Crippen molar-refractivity contribution >= 4 is 55.7 Å². The van der Waals surface area contributed by atoms with Crippen LogP contribution in [0.5, 0.6) is 0 Å². The Hall–Kier alpha value is -3.48. The van der Waals surface area contributed by atoms with Crippen molar-refractivity contribution in [3.05, 3.63) is 99.6 Å². The van der Waals surface area contributed by atoms with Gasteiger partial charge in [0.25, 0.3) is 5.78 Å². The van der Waals surface area contributed by atoms with Crippen LogP contribution in [0, 0.1) is 6.92 Å². The lowest BCUT2D eigenvalue weighted by molar-refractivity contribution is -0.132. The lowest BCUT2D eigenvalue weighted by Crippen LogP contribution is -2.29. The van der Waals surface area contributed by atoms with Crippen molar-refractivity contribution in [3.8, 4) is 0 Å². The van der Waals surface area contributed by atoms with Crippen LogP contribution in [0.15, 0.2) is 72.3 Å².